The van der Waals surface area contributed by atoms with Gasteiger partial charge in [-0.3, -0.25) is 43.2 Å². The summed E-state index contributed by atoms with van der Waals surface area (Å²) in [7, 11) is 0. The number of hydrogen-bond acceptors (Lipinski definition) is 20. The van der Waals surface area contributed by atoms with E-state index in [0.717, 1.165) is 48.5 Å². The highest BCUT2D eigenvalue weighted by atomic mass is 16.8. The van der Waals surface area contributed by atoms with Gasteiger partial charge in [-0.25, -0.2) is 0 Å². The molecule has 0 aromatic carbocycles. The van der Waals surface area contributed by atoms with E-state index in [1.54, 1.807) is 13.8 Å². The monoisotopic (exact) mass is 799 g/mol. The Morgan fingerprint density at radius 2 is 0.946 bits per heavy atom. The highest BCUT2D eigenvalue weighted by molar-refractivity contribution is 6.22. The highest BCUT2D eigenvalue weighted by Gasteiger charge is 2.57. The summed E-state index contributed by atoms with van der Waals surface area (Å²) < 4.78 is 56.7. The number of carbonyl (C=O) groups is 9. The summed E-state index contributed by atoms with van der Waals surface area (Å²) in [6, 6.07) is 0. The molecule has 1 saturated carbocycles. The fourth-order valence-electron chi connectivity index (χ4n) is 6.60. The molecule has 2 heterocycles. The molecule has 0 bridgehead atoms. The molecule has 3 rings (SSSR count). The minimum absolute atomic E-state index is 0.0458. The van der Waals surface area contributed by atoms with Gasteiger partial charge in [0.05, 0.1) is 5.57 Å². The van der Waals surface area contributed by atoms with Crippen molar-refractivity contribution < 1.29 is 90.5 Å². The third-order valence-electron chi connectivity index (χ3n) is 8.50. The van der Waals surface area contributed by atoms with Gasteiger partial charge < -0.3 is 52.7 Å². The number of allylic oxidation sites excluding steroid dienone is 2. The van der Waals surface area contributed by atoms with E-state index in [-0.39, 0.29) is 24.1 Å². The Balaban J connectivity index is 2.20. The van der Waals surface area contributed by atoms with E-state index < -0.39 is 133 Å². The lowest BCUT2D eigenvalue weighted by molar-refractivity contribution is -0.345. The summed E-state index contributed by atoms with van der Waals surface area (Å²) >= 11 is 0. The number of carbonyl (C=O) groups excluding carboxylic acids is 9. The van der Waals surface area contributed by atoms with Crippen molar-refractivity contribution in [1.29, 1.82) is 0 Å². The summed E-state index contributed by atoms with van der Waals surface area (Å²) in [6.07, 6.45) is -16.1. The Morgan fingerprint density at radius 3 is 1.39 bits per heavy atom. The van der Waals surface area contributed by atoms with E-state index in [1.165, 1.54) is 6.92 Å². The highest BCUT2D eigenvalue weighted by Crippen LogP contribution is 2.37. The molecule has 2 saturated heterocycles. The van der Waals surface area contributed by atoms with Crippen molar-refractivity contribution in [3.63, 3.8) is 0 Å². The topological polar surface area (TPSA) is 258 Å². The minimum Gasteiger partial charge on any atom is -0.463 e. The Bertz CT molecular complexity index is 1580. The van der Waals surface area contributed by atoms with Crippen molar-refractivity contribution in [2.75, 3.05) is 13.2 Å². The molecule has 312 valence electrons. The number of esters is 7. The van der Waals surface area contributed by atoms with Crippen LogP contribution in [0.25, 0.3) is 0 Å². The number of nitrogens with one attached hydrogen (secondary N) is 1. The van der Waals surface area contributed by atoms with Crippen molar-refractivity contribution in [2.24, 2.45) is 5.41 Å². The normalized spacial score (nSPS) is 29.9. The zero-order valence-corrected chi connectivity index (χ0v) is 32.9. The van der Waals surface area contributed by atoms with Crippen LogP contribution in [0.4, 0.5) is 0 Å². The molecule has 20 nitrogen and oxygen atoms in total. The summed E-state index contributed by atoms with van der Waals surface area (Å²) in [4.78, 5) is 113. The number of ketones is 2. The van der Waals surface area contributed by atoms with Crippen LogP contribution in [0.1, 0.15) is 82.1 Å². The smallest absolute Gasteiger partial charge is 0.303 e. The summed E-state index contributed by atoms with van der Waals surface area (Å²) in [6.45, 7) is 11.1. The van der Waals surface area contributed by atoms with Gasteiger partial charge in [-0.15, -0.1) is 0 Å². The molecule has 0 spiro atoms. The average molecular weight is 800 g/mol. The molecule has 0 aromatic heterocycles. The Morgan fingerprint density at radius 1 is 0.554 bits per heavy atom. The molecule has 2 aliphatic heterocycles. The molecule has 3 fully saturated rings. The van der Waals surface area contributed by atoms with Crippen molar-refractivity contribution in [1.82, 2.24) is 5.32 Å². The van der Waals surface area contributed by atoms with Gasteiger partial charge in [0.25, 0.3) is 0 Å². The zero-order valence-electron chi connectivity index (χ0n) is 32.9. The van der Waals surface area contributed by atoms with Gasteiger partial charge in [0.2, 0.25) is 0 Å². The van der Waals surface area contributed by atoms with Crippen molar-refractivity contribution in [2.45, 2.75) is 143 Å². The van der Waals surface area contributed by atoms with Crippen LogP contribution in [0.15, 0.2) is 11.3 Å². The number of Topliss-reactive ketones (excluding diaryl/α,β-unsaturated/α-hetero) is 2. The molecule has 1 aliphatic carbocycles. The minimum atomic E-state index is -1.85. The van der Waals surface area contributed by atoms with Gasteiger partial charge >= 0.3 is 41.8 Å². The molecule has 56 heavy (non-hydrogen) atoms. The lowest BCUT2D eigenvalue weighted by atomic mass is 9.73. The van der Waals surface area contributed by atoms with Crippen molar-refractivity contribution >= 4 is 53.4 Å². The van der Waals surface area contributed by atoms with Crippen LogP contribution in [0, 0.1) is 5.41 Å². The first kappa shape index (κ1) is 45.4. The van der Waals surface area contributed by atoms with Crippen LogP contribution in [0.5, 0.6) is 0 Å². The lowest BCUT2D eigenvalue weighted by Gasteiger charge is -2.49. The second-order valence-corrected chi connectivity index (χ2v) is 14.2. The van der Waals surface area contributed by atoms with Crippen LogP contribution < -0.4 is 5.32 Å². The van der Waals surface area contributed by atoms with Gasteiger partial charge in [0, 0.05) is 67.0 Å². The largest absolute Gasteiger partial charge is 0.463 e. The molecule has 1 N–H and O–H groups in total. The number of rotatable bonds is 13. The van der Waals surface area contributed by atoms with E-state index in [1.807, 2.05) is 0 Å². The van der Waals surface area contributed by atoms with Crippen molar-refractivity contribution in [3.8, 4) is 0 Å². The van der Waals surface area contributed by atoms with Crippen LogP contribution in [0.3, 0.4) is 0 Å². The Hall–Kier alpha value is -4.95. The maximum Gasteiger partial charge on any atom is 0.303 e. The molecule has 0 unspecified atom stereocenters. The fourth-order valence-corrected chi connectivity index (χ4v) is 6.60. The molecule has 0 amide bonds. The first-order valence-corrected chi connectivity index (χ1v) is 17.6. The first-order valence-electron chi connectivity index (χ1n) is 17.6. The summed E-state index contributed by atoms with van der Waals surface area (Å²) in [5.41, 5.74) is -0.690. The molecule has 3 aliphatic rings. The molecule has 0 radical (unpaired) electrons. The van der Waals surface area contributed by atoms with E-state index >= 15 is 0 Å². The van der Waals surface area contributed by atoms with Gasteiger partial charge in [-0.2, -0.15) is 0 Å². The maximum atomic E-state index is 13.2. The number of hydrogen-bond donors (Lipinski definition) is 1. The summed E-state index contributed by atoms with van der Waals surface area (Å²) in [5.74, 6) is -7.03. The SMILES string of the molecule is CC(=O)OC[C@H]1O[C@H](O[C@H]2[C@H](OC(C)=O)[C@@H](OC(C)=O)[C@H](NC(C)=C3C(=O)CC(C)(C)CC3=O)O[C@@H]2COC(C)=O)[C@H](OC(C)=O)[C@@H](OC(C)=O)[C@H]1OC(C)=O. The second-order valence-electron chi connectivity index (χ2n) is 14.2. The second kappa shape index (κ2) is 19.3. The Kier molecular flexibility index (Phi) is 15.6. The molecule has 0 aromatic rings. The predicted octanol–water partition coefficient (Wildman–Crippen LogP) is 0.428. The van der Waals surface area contributed by atoms with Gasteiger partial charge in [-0.1, -0.05) is 13.8 Å². The predicted molar refractivity (Wildman–Crippen MR) is 182 cm³/mol. The van der Waals surface area contributed by atoms with E-state index in [9.17, 15) is 43.2 Å². The number of ether oxygens (including phenoxy) is 10. The third-order valence-corrected chi connectivity index (χ3v) is 8.50. The van der Waals surface area contributed by atoms with E-state index in [2.05, 4.69) is 5.32 Å². The lowest BCUT2D eigenvalue weighted by Crippen LogP contribution is -2.68. The van der Waals surface area contributed by atoms with Gasteiger partial charge in [0.1, 0.15) is 31.5 Å². The van der Waals surface area contributed by atoms with E-state index in [0.29, 0.717) is 0 Å². The fraction of sp³-hybridized carbons (Fsp3) is 0.694. The van der Waals surface area contributed by atoms with Crippen LogP contribution in [-0.2, 0) is 90.5 Å². The molecule has 10 atom stereocenters. The van der Waals surface area contributed by atoms with E-state index in [4.69, 9.17) is 47.4 Å². The van der Waals surface area contributed by atoms with Gasteiger partial charge in [0.15, 0.2) is 54.6 Å². The molecule has 20 heteroatoms. The first-order chi connectivity index (χ1) is 26.0. The maximum absolute atomic E-state index is 13.2. The molecular weight excluding hydrogens is 750 g/mol. The average Bonchev–Trinajstić information content (AvgIpc) is 3.02. The van der Waals surface area contributed by atoms with Gasteiger partial charge in [-0.05, 0) is 12.3 Å². The third kappa shape index (κ3) is 12.5. The van der Waals surface area contributed by atoms with Crippen LogP contribution in [-0.4, -0.2) is 128 Å². The summed E-state index contributed by atoms with van der Waals surface area (Å²) in [5, 5.41) is 2.90. The van der Waals surface area contributed by atoms with Crippen LogP contribution in [0.2, 0.25) is 0 Å². The standard InChI is InChI=1S/C36H49NO19/c1-15(27-23(45)11-36(9,10)12-24(27)46)37-34-32(52-21(7)43)30(50-19(5)41)29(25(54-34)13-47-16(2)38)56-35-33(53-22(8)44)31(51-20(6)42)28(49-18(4)40)26(55-35)14-48-17(3)39/h25-26,28-35,37H,11-14H2,1-10H3/t25-,26-,28+,29-,30+,31+,32-,33-,34-,35-/m1/s1. The Labute approximate surface area is 322 Å². The van der Waals surface area contributed by atoms with Crippen LogP contribution >= 0.6 is 0 Å². The zero-order chi connectivity index (χ0) is 42.2. The molecular formula is C36H49NO19. The quantitative estimate of drug-likeness (QED) is 0.115. The van der Waals surface area contributed by atoms with Crippen molar-refractivity contribution in [3.05, 3.63) is 11.3 Å².